The summed E-state index contributed by atoms with van der Waals surface area (Å²) in [6, 6.07) is 0. The van der Waals surface area contributed by atoms with Gasteiger partial charge in [0, 0.05) is 0 Å². The molecular weight excluding hydrogens is 622 g/mol. The molecule has 0 amide bonds. The first-order valence-electron chi connectivity index (χ1n) is 1.84. The Morgan fingerprint density at radius 3 is 0.600 bits per heavy atom. The van der Waals surface area contributed by atoms with E-state index in [1.807, 2.05) is 0 Å². The SMILES string of the molecule is [Ca+2].[O]=[Ti]([O-])[O-].[O]=[Ti]([O-])[O-].[O]=[Ti]([O-])[O-].[Pb+2].[Sr+2]. The summed E-state index contributed by atoms with van der Waals surface area (Å²) >= 11 is -12.2. The zero-order chi connectivity index (χ0) is 10.7. The van der Waals surface area contributed by atoms with Crippen molar-refractivity contribution in [2.45, 2.75) is 0 Å². The Bertz CT molecular complexity index is 123. The van der Waals surface area contributed by atoms with Crippen molar-refractivity contribution in [3.05, 3.63) is 0 Å². The second-order valence-corrected chi connectivity index (χ2v) is 3.09. The van der Waals surface area contributed by atoms with Gasteiger partial charge in [-0.05, 0) is 0 Å². The molecule has 0 atom stereocenters. The van der Waals surface area contributed by atoms with Crippen molar-refractivity contribution >= 4 is 111 Å². The van der Waals surface area contributed by atoms with Crippen molar-refractivity contribution < 1.29 is 88.0 Å². The van der Waals surface area contributed by atoms with Gasteiger partial charge in [0.1, 0.15) is 0 Å². The third-order valence-corrected chi connectivity index (χ3v) is 0. The average Bonchev–Trinajstić information content (AvgIpc) is 1.54. The van der Waals surface area contributed by atoms with E-state index in [0.717, 1.165) is 0 Å². The first-order valence-corrected chi connectivity index (χ1v) is 7.57. The van der Waals surface area contributed by atoms with Crippen molar-refractivity contribution in [1.82, 2.24) is 0 Å². The van der Waals surface area contributed by atoms with Gasteiger partial charge in [-0.1, -0.05) is 0 Å². The van der Waals surface area contributed by atoms with E-state index in [2.05, 4.69) is 0 Å². The fraction of sp³-hybridized carbons (Fsp3) is 0. The fourth-order valence-corrected chi connectivity index (χ4v) is 0. The molecule has 74 valence electrons. The molecule has 0 aromatic rings. The number of rotatable bonds is 0. The summed E-state index contributed by atoms with van der Waals surface area (Å²) in [6.45, 7) is 0. The van der Waals surface area contributed by atoms with E-state index in [1.54, 1.807) is 0 Å². The summed E-state index contributed by atoms with van der Waals surface area (Å²) in [7, 11) is 0. The van der Waals surface area contributed by atoms with Gasteiger partial charge in [-0.15, -0.1) is 0 Å². The molecule has 0 unspecified atom stereocenters. The Morgan fingerprint density at radius 2 is 0.600 bits per heavy atom. The maximum atomic E-state index is 8.58. The fourth-order valence-electron chi connectivity index (χ4n) is 0. The molecule has 0 spiro atoms. The molecule has 0 bridgehead atoms. The van der Waals surface area contributed by atoms with E-state index in [9.17, 15) is 0 Å². The first-order chi connectivity index (χ1) is 5.20. The van der Waals surface area contributed by atoms with Crippen LogP contribution in [0.1, 0.15) is 0 Å². The molecule has 0 aliphatic rings. The van der Waals surface area contributed by atoms with Gasteiger partial charge in [-0.3, -0.25) is 0 Å². The minimum Gasteiger partial charge on any atom is 2.00 e. The summed E-state index contributed by atoms with van der Waals surface area (Å²) in [4.78, 5) is 0. The maximum absolute atomic E-state index is 8.58. The largest absolute Gasteiger partial charge is 2.00 e. The molecule has 0 saturated heterocycles. The van der Waals surface area contributed by atoms with Crippen LogP contribution in [-0.4, -0.2) is 111 Å². The topological polar surface area (TPSA) is 190 Å². The zero-order valence-electron chi connectivity index (χ0n) is 7.09. The van der Waals surface area contributed by atoms with E-state index >= 15 is 0 Å². The summed E-state index contributed by atoms with van der Waals surface area (Å²) in [5.74, 6) is 0. The summed E-state index contributed by atoms with van der Waals surface area (Å²) in [6.07, 6.45) is 0. The smallest absolute Gasteiger partial charge is 2.00 e. The van der Waals surface area contributed by atoms with Gasteiger partial charge in [-0.25, -0.2) is 0 Å². The maximum Gasteiger partial charge on any atom is 2.00 e. The quantitative estimate of drug-likeness (QED) is 0.236. The van der Waals surface area contributed by atoms with Gasteiger partial charge in [0.2, 0.25) is 0 Å². The van der Waals surface area contributed by atoms with Crippen LogP contribution in [0.2, 0.25) is 0 Å². The molecule has 9 nitrogen and oxygen atoms in total. The zero-order valence-corrected chi connectivity index (χ0v) is 21.3. The predicted octanol–water partition coefficient (Wildman–Crippen LogP) is -8.64. The van der Waals surface area contributed by atoms with Crippen molar-refractivity contribution in [2.75, 3.05) is 0 Å². The van der Waals surface area contributed by atoms with E-state index in [-0.39, 0.29) is 111 Å². The normalized spacial score (nSPS) is 5.20. The van der Waals surface area contributed by atoms with Crippen molar-refractivity contribution in [2.24, 2.45) is 0 Å². The van der Waals surface area contributed by atoms with E-state index in [1.165, 1.54) is 0 Å². The van der Waals surface area contributed by atoms with E-state index in [4.69, 9.17) is 32.1 Å². The molecule has 0 saturated carbocycles. The third-order valence-electron chi connectivity index (χ3n) is 0. The van der Waals surface area contributed by atoms with Crippen LogP contribution < -0.4 is 22.1 Å². The Balaban J connectivity index is -0.0000000184. The van der Waals surface area contributed by atoms with Crippen LogP contribution >= 0.6 is 0 Å². The predicted molar refractivity (Wildman–Crippen MR) is 19.3 cm³/mol. The van der Waals surface area contributed by atoms with Crippen molar-refractivity contribution in [1.29, 1.82) is 0 Å². The number of hydrogen-bond donors (Lipinski definition) is 0. The molecule has 0 N–H and O–H groups in total. The van der Waals surface area contributed by atoms with Gasteiger partial charge in [0.05, 0.1) is 0 Å². The molecule has 0 aromatic heterocycles. The molecule has 0 aromatic carbocycles. The van der Waals surface area contributed by atoms with Crippen LogP contribution in [0.25, 0.3) is 0 Å². The van der Waals surface area contributed by atoms with E-state index < -0.39 is 55.8 Å². The van der Waals surface area contributed by atoms with Crippen molar-refractivity contribution in [3.8, 4) is 0 Å². The molecule has 0 fully saturated rings. The van der Waals surface area contributed by atoms with Crippen LogP contribution in [0, 0.1) is 0 Å². The monoisotopic (exact) mass is 624 g/mol. The van der Waals surface area contributed by atoms with Gasteiger partial charge in [0.15, 0.2) is 0 Å². The molecule has 0 heterocycles. The van der Waals surface area contributed by atoms with Gasteiger partial charge >= 0.3 is 198 Å². The summed E-state index contributed by atoms with van der Waals surface area (Å²) in [5, 5.41) is 0. The summed E-state index contributed by atoms with van der Waals surface area (Å²) in [5.41, 5.74) is 0. The van der Waals surface area contributed by atoms with Crippen LogP contribution in [-0.2, 0) is 65.8 Å². The van der Waals surface area contributed by atoms with E-state index in [0.29, 0.717) is 0 Å². The number of hydrogen-bond acceptors (Lipinski definition) is 9. The molecular formula is CaO9PbSrTi3. The van der Waals surface area contributed by atoms with Crippen LogP contribution in [0.3, 0.4) is 0 Å². The minimum atomic E-state index is -4.08. The second-order valence-electron chi connectivity index (χ2n) is 0.750. The molecule has 0 rings (SSSR count). The minimum absolute atomic E-state index is 0. The Kier molecular flexibility index (Phi) is 77.0. The summed E-state index contributed by atoms with van der Waals surface area (Å²) < 4.78 is 77.2. The Labute approximate surface area is 193 Å². The molecule has 15 heteroatoms. The molecule has 0 aliphatic heterocycles. The van der Waals surface area contributed by atoms with Crippen LogP contribution in [0.4, 0.5) is 0 Å². The molecule has 2 radical (unpaired) electrons. The first kappa shape index (κ1) is 36.8. The van der Waals surface area contributed by atoms with Gasteiger partial charge in [-0.2, -0.15) is 0 Å². The van der Waals surface area contributed by atoms with Crippen LogP contribution in [0.5, 0.6) is 0 Å². The van der Waals surface area contributed by atoms with Gasteiger partial charge in [0.25, 0.3) is 0 Å². The Morgan fingerprint density at radius 1 is 0.600 bits per heavy atom. The average molecular weight is 622 g/mol. The Hall–Kier alpha value is 4.97. The van der Waals surface area contributed by atoms with Gasteiger partial charge < -0.3 is 0 Å². The van der Waals surface area contributed by atoms with Crippen LogP contribution in [0.15, 0.2) is 0 Å². The second kappa shape index (κ2) is 31.4. The third kappa shape index (κ3) is 221. The molecule has 15 heavy (non-hydrogen) atoms. The van der Waals surface area contributed by atoms with Crippen molar-refractivity contribution in [3.63, 3.8) is 0 Å². The molecule has 0 aliphatic carbocycles. The standard InChI is InChI=1S/Ca.9O.Pb.Sr.3Ti/q+2;;;;6*-1;2*+2;;;.